The predicted molar refractivity (Wildman–Crippen MR) is 47.7 cm³/mol. The highest BCUT2D eigenvalue weighted by molar-refractivity contribution is 5.19. The van der Waals surface area contributed by atoms with Gasteiger partial charge in [-0.2, -0.15) is 0 Å². The van der Waals surface area contributed by atoms with Gasteiger partial charge in [0.25, 0.3) is 6.43 Å². The Morgan fingerprint density at radius 3 is 2.67 bits per heavy atom. The van der Waals surface area contributed by atoms with Crippen LogP contribution in [0.5, 0.6) is 0 Å². The summed E-state index contributed by atoms with van der Waals surface area (Å²) in [6.45, 7) is 1.16. The van der Waals surface area contributed by atoms with Crippen LogP contribution in [0.4, 0.5) is 14.7 Å². The fraction of sp³-hybridized carbons (Fsp3) is 0.500. The lowest BCUT2D eigenvalue weighted by Gasteiger charge is -2.21. The molecule has 0 aromatic carbocycles. The fourth-order valence-corrected chi connectivity index (χ4v) is 1.01. The van der Waals surface area contributed by atoms with Crippen LogP contribution in [0.3, 0.4) is 0 Å². The van der Waals surface area contributed by atoms with Gasteiger partial charge in [0.2, 0.25) is 0 Å². The predicted octanol–water partition coefficient (Wildman–Crippen LogP) is 1.71. The SMILES string of the molecule is CC(N)(Cc1ccc([N+](=O)[O-])o1)C(F)F. The topological polar surface area (TPSA) is 82.3 Å². The molecule has 1 atom stereocenters. The molecule has 0 radical (unpaired) electrons. The third-order valence-corrected chi connectivity index (χ3v) is 1.88. The average molecular weight is 220 g/mol. The summed E-state index contributed by atoms with van der Waals surface area (Å²) >= 11 is 0. The van der Waals surface area contributed by atoms with Crippen molar-refractivity contribution in [3.05, 3.63) is 28.0 Å². The first kappa shape index (κ1) is 11.6. The van der Waals surface area contributed by atoms with E-state index >= 15 is 0 Å². The molecule has 0 saturated heterocycles. The van der Waals surface area contributed by atoms with Crippen molar-refractivity contribution in [2.75, 3.05) is 0 Å². The molecule has 0 fully saturated rings. The summed E-state index contributed by atoms with van der Waals surface area (Å²) < 4.78 is 29.4. The minimum atomic E-state index is -2.72. The maximum Gasteiger partial charge on any atom is 0.433 e. The Bertz CT molecular complexity index is 363. The van der Waals surface area contributed by atoms with E-state index in [-0.39, 0.29) is 12.2 Å². The van der Waals surface area contributed by atoms with Crippen molar-refractivity contribution >= 4 is 5.88 Å². The maximum atomic E-state index is 12.4. The molecule has 2 N–H and O–H groups in total. The van der Waals surface area contributed by atoms with E-state index in [1.165, 1.54) is 6.07 Å². The number of rotatable bonds is 4. The van der Waals surface area contributed by atoms with Gasteiger partial charge < -0.3 is 10.2 Å². The molecule has 0 aliphatic heterocycles. The van der Waals surface area contributed by atoms with E-state index in [1.54, 1.807) is 0 Å². The second kappa shape index (κ2) is 3.93. The molecule has 1 heterocycles. The van der Waals surface area contributed by atoms with Gasteiger partial charge in [0.1, 0.15) is 10.7 Å². The summed E-state index contributed by atoms with van der Waals surface area (Å²) in [5.74, 6) is -0.401. The summed E-state index contributed by atoms with van der Waals surface area (Å²) in [5, 5.41) is 10.2. The van der Waals surface area contributed by atoms with Crippen LogP contribution < -0.4 is 5.73 Å². The van der Waals surface area contributed by atoms with Crippen LogP contribution in [0.1, 0.15) is 12.7 Å². The Balaban J connectivity index is 2.77. The molecule has 5 nitrogen and oxygen atoms in total. The first-order valence-electron chi connectivity index (χ1n) is 4.13. The van der Waals surface area contributed by atoms with Crippen molar-refractivity contribution < 1.29 is 18.1 Å². The molecule has 0 amide bonds. The van der Waals surface area contributed by atoms with Gasteiger partial charge in [0, 0.05) is 6.42 Å². The number of nitrogens with zero attached hydrogens (tertiary/aromatic N) is 1. The molecule has 0 saturated carbocycles. The van der Waals surface area contributed by atoms with Crippen LogP contribution in [0.2, 0.25) is 0 Å². The van der Waals surface area contributed by atoms with E-state index in [4.69, 9.17) is 10.2 Å². The third kappa shape index (κ3) is 2.72. The highest BCUT2D eigenvalue weighted by Gasteiger charge is 2.32. The lowest BCUT2D eigenvalue weighted by molar-refractivity contribution is -0.402. The first-order valence-corrected chi connectivity index (χ1v) is 4.13. The number of hydrogen-bond acceptors (Lipinski definition) is 4. The summed E-state index contributed by atoms with van der Waals surface area (Å²) in [4.78, 5) is 9.51. The lowest BCUT2D eigenvalue weighted by Crippen LogP contribution is -2.45. The van der Waals surface area contributed by atoms with Crippen LogP contribution >= 0.6 is 0 Å². The van der Waals surface area contributed by atoms with Crippen molar-refractivity contribution in [1.82, 2.24) is 0 Å². The van der Waals surface area contributed by atoms with Gasteiger partial charge in [-0.25, -0.2) is 8.78 Å². The molecule has 0 spiro atoms. The van der Waals surface area contributed by atoms with E-state index in [0.717, 1.165) is 13.0 Å². The van der Waals surface area contributed by atoms with E-state index in [9.17, 15) is 18.9 Å². The number of nitro groups is 1. The molecule has 1 rings (SSSR count). The van der Waals surface area contributed by atoms with Crippen LogP contribution in [-0.4, -0.2) is 16.9 Å². The lowest BCUT2D eigenvalue weighted by atomic mass is 9.99. The van der Waals surface area contributed by atoms with Gasteiger partial charge in [-0.3, -0.25) is 10.1 Å². The first-order chi connectivity index (χ1) is 6.83. The molecule has 0 aliphatic rings. The second-order valence-corrected chi connectivity index (χ2v) is 3.48. The molecular weight excluding hydrogens is 210 g/mol. The zero-order chi connectivity index (χ0) is 11.6. The Morgan fingerprint density at radius 1 is 1.67 bits per heavy atom. The number of nitrogens with two attached hydrogens (primary N) is 1. The molecular formula is C8H10F2N2O3. The van der Waals surface area contributed by atoms with Crippen LogP contribution in [0.25, 0.3) is 0 Å². The summed E-state index contributed by atoms with van der Waals surface area (Å²) in [6, 6.07) is 2.38. The normalized spacial score (nSPS) is 15.3. The van der Waals surface area contributed by atoms with E-state index in [1.807, 2.05) is 0 Å². The second-order valence-electron chi connectivity index (χ2n) is 3.48. The molecule has 1 aromatic heterocycles. The Labute approximate surface area is 84.0 Å². The molecule has 7 heteroatoms. The van der Waals surface area contributed by atoms with E-state index in [2.05, 4.69) is 0 Å². The summed E-state index contributed by atoms with van der Waals surface area (Å²) in [7, 11) is 0. The number of alkyl halides is 2. The minimum absolute atomic E-state index is 0.0759. The van der Waals surface area contributed by atoms with Gasteiger partial charge in [0.05, 0.1) is 11.6 Å². The van der Waals surface area contributed by atoms with Crippen molar-refractivity contribution in [1.29, 1.82) is 0 Å². The van der Waals surface area contributed by atoms with Gasteiger partial charge in [0.15, 0.2) is 0 Å². The van der Waals surface area contributed by atoms with Gasteiger partial charge >= 0.3 is 5.88 Å². The highest BCUT2D eigenvalue weighted by Crippen LogP contribution is 2.22. The number of furan rings is 1. The van der Waals surface area contributed by atoms with Crippen molar-refractivity contribution in [3.8, 4) is 0 Å². The average Bonchev–Trinajstić information content (AvgIpc) is 2.51. The molecule has 15 heavy (non-hydrogen) atoms. The standard InChI is InChI=1S/C8H10F2N2O3/c1-8(11,7(9)10)4-5-2-3-6(15-5)12(13)14/h2-3,7H,4,11H2,1H3. The monoisotopic (exact) mass is 220 g/mol. The Hall–Kier alpha value is -1.50. The highest BCUT2D eigenvalue weighted by atomic mass is 19.3. The van der Waals surface area contributed by atoms with Gasteiger partial charge in [-0.1, -0.05) is 0 Å². The molecule has 0 aliphatic carbocycles. The zero-order valence-corrected chi connectivity index (χ0v) is 7.94. The maximum absolute atomic E-state index is 12.4. The van der Waals surface area contributed by atoms with Crippen LogP contribution in [0.15, 0.2) is 16.5 Å². The minimum Gasteiger partial charge on any atom is -0.406 e. The molecule has 84 valence electrons. The van der Waals surface area contributed by atoms with Crippen molar-refractivity contribution in [3.63, 3.8) is 0 Å². The summed E-state index contributed by atoms with van der Waals surface area (Å²) in [5.41, 5.74) is 3.55. The Morgan fingerprint density at radius 2 is 2.27 bits per heavy atom. The van der Waals surface area contributed by atoms with Crippen LogP contribution in [-0.2, 0) is 6.42 Å². The third-order valence-electron chi connectivity index (χ3n) is 1.88. The van der Waals surface area contributed by atoms with E-state index < -0.39 is 22.8 Å². The largest absolute Gasteiger partial charge is 0.433 e. The number of hydrogen-bond donors (Lipinski definition) is 1. The van der Waals surface area contributed by atoms with E-state index in [0.29, 0.717) is 0 Å². The van der Waals surface area contributed by atoms with Crippen molar-refractivity contribution in [2.24, 2.45) is 5.73 Å². The molecule has 1 unspecified atom stereocenters. The molecule has 1 aromatic rings. The smallest absolute Gasteiger partial charge is 0.406 e. The van der Waals surface area contributed by atoms with Crippen molar-refractivity contribution in [2.45, 2.75) is 25.3 Å². The van der Waals surface area contributed by atoms with Gasteiger partial charge in [-0.15, -0.1) is 0 Å². The fourth-order valence-electron chi connectivity index (χ4n) is 1.01. The Kier molecular flexibility index (Phi) is 3.04. The zero-order valence-electron chi connectivity index (χ0n) is 7.94. The van der Waals surface area contributed by atoms with Gasteiger partial charge in [-0.05, 0) is 13.0 Å². The summed E-state index contributed by atoms with van der Waals surface area (Å²) in [6.07, 6.45) is -2.97. The number of halogens is 2. The van der Waals surface area contributed by atoms with Crippen LogP contribution in [0, 0.1) is 10.1 Å². The molecule has 0 bridgehead atoms. The quantitative estimate of drug-likeness (QED) is 0.618.